The van der Waals surface area contributed by atoms with E-state index in [1.165, 1.54) is 11.3 Å². The van der Waals surface area contributed by atoms with Crippen LogP contribution < -0.4 is 0 Å². The molecule has 0 spiro atoms. The van der Waals surface area contributed by atoms with Crippen molar-refractivity contribution in [3.63, 3.8) is 0 Å². The van der Waals surface area contributed by atoms with Crippen molar-refractivity contribution in [1.82, 2.24) is 9.80 Å². The van der Waals surface area contributed by atoms with E-state index in [0.717, 1.165) is 25.7 Å². The number of carbonyl (C=O) groups is 3. The Hall–Kier alpha value is -1.89. The van der Waals surface area contributed by atoms with Crippen molar-refractivity contribution in [2.45, 2.75) is 44.6 Å². The maximum absolute atomic E-state index is 13.2. The molecule has 1 saturated carbocycles. The van der Waals surface area contributed by atoms with Crippen molar-refractivity contribution in [2.24, 2.45) is 11.3 Å². The molecule has 3 atom stereocenters. The molecular weight excluding hydrogens is 352 g/mol. The average molecular weight is 376 g/mol. The van der Waals surface area contributed by atoms with Crippen LogP contribution in [0.25, 0.3) is 0 Å². The highest BCUT2D eigenvalue weighted by atomic mass is 32.1. The number of piperidine rings is 1. The number of aliphatic carboxylic acids is 1. The summed E-state index contributed by atoms with van der Waals surface area (Å²) >= 11 is 1.39. The molecule has 3 fully saturated rings. The molecule has 1 aliphatic carbocycles. The maximum Gasteiger partial charge on any atom is 0.311 e. The number of hydrogen-bond donors (Lipinski definition) is 1. The van der Waals surface area contributed by atoms with Crippen molar-refractivity contribution in [1.29, 1.82) is 0 Å². The molecule has 2 saturated heterocycles. The van der Waals surface area contributed by atoms with Crippen LogP contribution in [0.15, 0.2) is 17.5 Å². The monoisotopic (exact) mass is 376 g/mol. The Morgan fingerprint density at radius 2 is 2.04 bits per heavy atom. The Morgan fingerprint density at radius 3 is 2.73 bits per heavy atom. The second-order valence-corrected chi connectivity index (χ2v) is 8.70. The summed E-state index contributed by atoms with van der Waals surface area (Å²) in [7, 11) is 0. The summed E-state index contributed by atoms with van der Waals surface area (Å²) in [4.78, 5) is 42.0. The molecule has 1 aromatic heterocycles. The lowest BCUT2D eigenvalue weighted by Gasteiger charge is -2.37. The number of carboxylic acids is 1. The Balaban J connectivity index is 1.53. The molecule has 1 unspecified atom stereocenters. The number of carboxylic acid groups (broad SMARTS) is 1. The summed E-state index contributed by atoms with van der Waals surface area (Å²) < 4.78 is 0. The van der Waals surface area contributed by atoms with Crippen molar-refractivity contribution < 1.29 is 19.5 Å². The molecular formula is C19H24N2O4S. The number of nitrogens with zero attached hydrogens (tertiary/aromatic N) is 2. The van der Waals surface area contributed by atoms with Gasteiger partial charge >= 0.3 is 5.97 Å². The van der Waals surface area contributed by atoms with Gasteiger partial charge in [0, 0.05) is 19.6 Å². The molecule has 140 valence electrons. The van der Waals surface area contributed by atoms with E-state index in [4.69, 9.17) is 0 Å². The minimum atomic E-state index is -0.773. The van der Waals surface area contributed by atoms with Crippen LogP contribution in [0.1, 0.15) is 48.2 Å². The second-order valence-electron chi connectivity index (χ2n) is 7.76. The second kappa shape index (κ2) is 6.68. The van der Waals surface area contributed by atoms with Crippen LogP contribution in [0.4, 0.5) is 0 Å². The molecule has 2 amide bonds. The molecule has 3 aliphatic rings. The molecule has 1 aromatic rings. The van der Waals surface area contributed by atoms with Crippen LogP contribution in [-0.4, -0.2) is 58.4 Å². The first-order valence-corrected chi connectivity index (χ1v) is 10.3. The minimum Gasteiger partial charge on any atom is -0.481 e. The van der Waals surface area contributed by atoms with E-state index in [1.54, 1.807) is 15.9 Å². The predicted octanol–water partition coefficient (Wildman–Crippen LogP) is 2.46. The third kappa shape index (κ3) is 2.73. The van der Waals surface area contributed by atoms with E-state index in [9.17, 15) is 19.5 Å². The maximum atomic E-state index is 13.2. The zero-order valence-corrected chi connectivity index (χ0v) is 15.5. The normalized spacial score (nSPS) is 31.1. The molecule has 0 radical (unpaired) electrons. The Bertz CT molecular complexity index is 719. The van der Waals surface area contributed by atoms with Crippen molar-refractivity contribution in [3.8, 4) is 0 Å². The molecule has 1 N–H and O–H groups in total. The largest absolute Gasteiger partial charge is 0.481 e. The van der Waals surface area contributed by atoms with Crippen molar-refractivity contribution >= 4 is 29.1 Å². The van der Waals surface area contributed by atoms with Crippen LogP contribution in [-0.2, 0) is 9.59 Å². The highest BCUT2D eigenvalue weighted by molar-refractivity contribution is 7.12. The summed E-state index contributed by atoms with van der Waals surface area (Å²) in [5.41, 5.74) is -0.771. The van der Waals surface area contributed by atoms with Gasteiger partial charge < -0.3 is 14.9 Å². The molecule has 26 heavy (non-hydrogen) atoms. The zero-order chi connectivity index (χ0) is 18.3. The highest BCUT2D eigenvalue weighted by Crippen LogP contribution is 2.49. The minimum absolute atomic E-state index is 0.0500. The number of thiophene rings is 1. The summed E-state index contributed by atoms with van der Waals surface area (Å²) in [5.74, 6) is -0.866. The number of amides is 2. The van der Waals surface area contributed by atoms with Gasteiger partial charge in [-0.2, -0.15) is 0 Å². The van der Waals surface area contributed by atoms with Crippen LogP contribution in [0, 0.1) is 11.3 Å². The lowest BCUT2D eigenvalue weighted by Crippen LogP contribution is -2.53. The molecule has 2 aliphatic heterocycles. The Kier molecular flexibility index (Phi) is 4.50. The molecule has 0 bridgehead atoms. The van der Waals surface area contributed by atoms with Crippen LogP contribution >= 0.6 is 11.3 Å². The fourth-order valence-electron chi connectivity index (χ4n) is 4.99. The zero-order valence-electron chi connectivity index (χ0n) is 14.7. The summed E-state index contributed by atoms with van der Waals surface area (Å²) in [5, 5.41) is 11.6. The topological polar surface area (TPSA) is 77.9 Å². The number of fused-ring (bicyclic) bond motifs is 1. The van der Waals surface area contributed by atoms with E-state index < -0.39 is 17.4 Å². The van der Waals surface area contributed by atoms with E-state index in [2.05, 4.69) is 0 Å². The molecule has 3 heterocycles. The average Bonchev–Trinajstić information content (AvgIpc) is 3.35. The predicted molar refractivity (Wildman–Crippen MR) is 97.0 cm³/mol. The Morgan fingerprint density at radius 1 is 1.19 bits per heavy atom. The summed E-state index contributed by atoms with van der Waals surface area (Å²) in [6.45, 7) is 1.40. The van der Waals surface area contributed by atoms with Gasteiger partial charge in [-0.3, -0.25) is 14.4 Å². The fourth-order valence-corrected chi connectivity index (χ4v) is 5.67. The number of hydrogen-bond acceptors (Lipinski definition) is 4. The molecule has 7 heteroatoms. The smallest absolute Gasteiger partial charge is 0.311 e. The van der Waals surface area contributed by atoms with Crippen LogP contribution in [0.2, 0.25) is 0 Å². The van der Waals surface area contributed by atoms with Gasteiger partial charge in [0.15, 0.2) is 0 Å². The van der Waals surface area contributed by atoms with Gasteiger partial charge in [0.1, 0.15) is 6.04 Å². The fraction of sp³-hybridized carbons (Fsp3) is 0.632. The van der Waals surface area contributed by atoms with Gasteiger partial charge in [-0.1, -0.05) is 12.5 Å². The lowest BCUT2D eigenvalue weighted by molar-refractivity contribution is -0.150. The number of likely N-dealkylation sites (tertiary alicyclic amines) is 2. The first kappa shape index (κ1) is 17.5. The summed E-state index contributed by atoms with van der Waals surface area (Å²) in [6.07, 6.45) is 4.94. The molecule has 4 rings (SSSR count). The molecule has 0 aromatic carbocycles. The third-order valence-electron chi connectivity index (χ3n) is 6.39. The van der Waals surface area contributed by atoms with Gasteiger partial charge in [-0.15, -0.1) is 11.3 Å². The van der Waals surface area contributed by atoms with E-state index in [1.807, 2.05) is 11.4 Å². The Labute approximate surface area is 156 Å². The lowest BCUT2D eigenvalue weighted by atomic mass is 9.81. The molecule has 6 nitrogen and oxygen atoms in total. The first-order chi connectivity index (χ1) is 12.5. The standard InChI is InChI=1S/C19H24N2O4S/c22-16(20-11-13-5-3-8-19(13,12-20)18(24)25)14-6-1-2-9-21(14)17(23)15-7-4-10-26-15/h4,7,10,13-14H,1-3,5-6,8-9,11-12H2,(H,24,25)/t13-,14?,19+/m0/s1. The highest BCUT2D eigenvalue weighted by Gasteiger charge is 2.56. The van der Waals surface area contributed by atoms with Gasteiger partial charge in [-0.05, 0) is 49.5 Å². The van der Waals surface area contributed by atoms with E-state index in [-0.39, 0.29) is 17.7 Å². The van der Waals surface area contributed by atoms with Gasteiger partial charge in [0.2, 0.25) is 5.91 Å². The van der Waals surface area contributed by atoms with E-state index >= 15 is 0 Å². The van der Waals surface area contributed by atoms with Gasteiger partial charge in [0.05, 0.1) is 10.3 Å². The number of carbonyl (C=O) groups excluding carboxylic acids is 2. The van der Waals surface area contributed by atoms with Crippen molar-refractivity contribution in [3.05, 3.63) is 22.4 Å². The van der Waals surface area contributed by atoms with Gasteiger partial charge in [0.25, 0.3) is 5.91 Å². The van der Waals surface area contributed by atoms with E-state index in [0.29, 0.717) is 37.4 Å². The SMILES string of the molecule is O=C(C1CCCCN1C(=O)c1cccs1)N1C[C@@H]2CCC[C@@]2(C(=O)O)C1. The third-order valence-corrected chi connectivity index (χ3v) is 7.25. The first-order valence-electron chi connectivity index (χ1n) is 9.39. The quantitative estimate of drug-likeness (QED) is 0.879. The van der Waals surface area contributed by atoms with Crippen LogP contribution in [0.3, 0.4) is 0 Å². The number of rotatable bonds is 3. The van der Waals surface area contributed by atoms with Gasteiger partial charge in [-0.25, -0.2) is 0 Å². The summed E-state index contributed by atoms with van der Waals surface area (Å²) in [6, 6.07) is 3.18. The van der Waals surface area contributed by atoms with Crippen molar-refractivity contribution in [2.75, 3.05) is 19.6 Å². The van der Waals surface area contributed by atoms with Crippen LogP contribution in [0.5, 0.6) is 0 Å².